The standard InChI is InChI=1S/C4H9AsO2S.C4H11AsS.5CH4/c1-5(2)8-3-4(6)7;1-4-6-5(2)3;;;;;/h3H2,1-2H3,(H,6,7);4H2,1-3H3;5*1H4. The molecule has 0 unspecified atom stereocenters. The van der Waals surface area contributed by atoms with Gasteiger partial charge in [-0.3, -0.25) is 0 Å². The molecule has 0 heterocycles. The van der Waals surface area contributed by atoms with Gasteiger partial charge in [0.1, 0.15) is 0 Å². The molecule has 0 aliphatic heterocycles. The van der Waals surface area contributed by atoms with Crippen LogP contribution >= 0.6 is 20.0 Å². The fraction of sp³-hybridized carbons (Fsp3) is 0.923. The molecular formula is C13H40As2O2S2. The molecule has 0 amide bonds. The molecular weight excluding hydrogens is 402 g/mol. The summed E-state index contributed by atoms with van der Waals surface area (Å²) in [7, 11) is 3.72. The van der Waals surface area contributed by atoms with E-state index in [4.69, 9.17) is 5.11 Å². The van der Waals surface area contributed by atoms with Crippen molar-refractivity contribution in [2.75, 3.05) is 11.5 Å². The van der Waals surface area contributed by atoms with E-state index in [9.17, 15) is 4.79 Å². The Morgan fingerprint density at radius 1 is 0.895 bits per heavy atom. The Hall–Kier alpha value is 1.29. The van der Waals surface area contributed by atoms with Crippen molar-refractivity contribution in [1.29, 1.82) is 0 Å². The van der Waals surface area contributed by atoms with Crippen LogP contribution in [0, 0.1) is 0 Å². The van der Waals surface area contributed by atoms with E-state index in [1.165, 1.54) is 5.75 Å². The predicted octanol–water partition coefficient (Wildman–Crippen LogP) is 6.23. The van der Waals surface area contributed by atoms with Crippen LogP contribution in [-0.4, -0.2) is 49.6 Å². The summed E-state index contributed by atoms with van der Waals surface area (Å²) in [6, 6.07) is 0. The number of rotatable bonds is 5. The molecule has 0 aromatic heterocycles. The van der Waals surface area contributed by atoms with Gasteiger partial charge in [0.05, 0.1) is 0 Å². The third-order valence-electron chi connectivity index (χ3n) is 0.834. The Labute approximate surface area is 140 Å². The predicted molar refractivity (Wildman–Crippen MR) is 107 cm³/mol. The molecule has 0 aromatic carbocycles. The molecule has 0 bridgehead atoms. The fourth-order valence-corrected chi connectivity index (χ4v) is 6.90. The van der Waals surface area contributed by atoms with E-state index >= 15 is 0 Å². The maximum atomic E-state index is 9.91. The Kier molecular flexibility index (Phi) is 71.1. The number of aliphatic carboxylic acids is 1. The zero-order valence-electron chi connectivity index (χ0n) is 9.48. The van der Waals surface area contributed by atoms with Gasteiger partial charge in [0.15, 0.2) is 0 Å². The van der Waals surface area contributed by atoms with E-state index in [-0.39, 0.29) is 56.4 Å². The van der Waals surface area contributed by atoms with Gasteiger partial charge in [0.25, 0.3) is 0 Å². The summed E-state index contributed by atoms with van der Waals surface area (Å²) in [4.78, 5) is 9.91. The molecule has 0 aliphatic carbocycles. The summed E-state index contributed by atoms with van der Waals surface area (Å²) in [6.45, 7) is 2.22. The Balaban J connectivity index is -0.0000000245. The molecule has 0 spiro atoms. The SMILES string of the molecule is C.C.C.C.C.CCS[As](C)C.C[As](C)SCC(=O)O. The summed E-state index contributed by atoms with van der Waals surface area (Å²) in [6.07, 6.45) is 0. The number of hydrogen-bond donors (Lipinski definition) is 1. The van der Waals surface area contributed by atoms with Crippen LogP contribution in [0.5, 0.6) is 0 Å². The van der Waals surface area contributed by atoms with Crippen molar-refractivity contribution in [1.82, 2.24) is 0 Å². The van der Waals surface area contributed by atoms with Crippen molar-refractivity contribution < 1.29 is 9.90 Å². The second kappa shape index (κ2) is 31.6. The quantitative estimate of drug-likeness (QED) is 0.513. The van der Waals surface area contributed by atoms with Gasteiger partial charge in [-0.05, 0) is 0 Å². The topological polar surface area (TPSA) is 37.3 Å². The molecule has 0 aliphatic rings. The van der Waals surface area contributed by atoms with Crippen LogP contribution in [-0.2, 0) is 4.79 Å². The summed E-state index contributed by atoms with van der Waals surface area (Å²) < 4.78 is 0. The van der Waals surface area contributed by atoms with Crippen molar-refractivity contribution in [3.05, 3.63) is 0 Å². The molecule has 0 saturated heterocycles. The van der Waals surface area contributed by atoms with Gasteiger partial charge in [-0.1, -0.05) is 37.1 Å². The first kappa shape index (κ1) is 42.7. The molecule has 0 fully saturated rings. The molecule has 1 N–H and O–H groups in total. The van der Waals surface area contributed by atoms with Gasteiger partial charge >= 0.3 is 104 Å². The number of carboxylic acid groups (broad SMARTS) is 1. The van der Waals surface area contributed by atoms with Crippen LogP contribution in [0.25, 0.3) is 0 Å². The third-order valence-corrected chi connectivity index (χ3v) is 11.4. The summed E-state index contributed by atoms with van der Waals surface area (Å²) >= 11 is -1.05. The first-order chi connectivity index (χ1) is 6.40. The summed E-state index contributed by atoms with van der Waals surface area (Å²) in [5.41, 5.74) is 8.98. The van der Waals surface area contributed by atoms with Crippen LogP contribution < -0.4 is 0 Å². The average Bonchev–Trinajstić information content (AvgIpc) is 2.01. The van der Waals surface area contributed by atoms with Gasteiger partial charge in [-0.15, -0.1) is 0 Å². The third kappa shape index (κ3) is 66.8. The normalized spacial score (nSPS) is 7.32. The zero-order valence-corrected chi connectivity index (χ0v) is 14.9. The second-order valence-corrected chi connectivity index (χ2v) is 21.7. The first-order valence-corrected chi connectivity index (χ1v) is 18.2. The number of carbonyl (C=O) groups is 1. The molecule has 0 aromatic rings. The average molecular weight is 442 g/mol. The Bertz CT molecular complexity index is 147. The Morgan fingerprint density at radius 2 is 1.21 bits per heavy atom. The van der Waals surface area contributed by atoms with Gasteiger partial charge in [0, 0.05) is 0 Å². The maximum absolute atomic E-state index is 9.91. The van der Waals surface area contributed by atoms with Crippen molar-refractivity contribution in [3.63, 3.8) is 0 Å². The number of hydrogen-bond acceptors (Lipinski definition) is 3. The minimum absolute atomic E-state index is 0. The first-order valence-electron chi connectivity index (χ1n) is 4.22. The molecule has 0 rings (SSSR count). The molecule has 2 nitrogen and oxygen atoms in total. The van der Waals surface area contributed by atoms with E-state index < -0.39 is 19.5 Å². The molecule has 19 heavy (non-hydrogen) atoms. The molecule has 126 valence electrons. The van der Waals surface area contributed by atoms with E-state index in [1.807, 2.05) is 0 Å². The van der Waals surface area contributed by atoms with E-state index in [2.05, 4.69) is 39.8 Å². The van der Waals surface area contributed by atoms with Gasteiger partial charge in [-0.2, -0.15) is 0 Å². The van der Waals surface area contributed by atoms with Crippen LogP contribution in [0.4, 0.5) is 0 Å². The summed E-state index contributed by atoms with van der Waals surface area (Å²) in [5, 5.41) is 8.16. The van der Waals surface area contributed by atoms with Crippen LogP contribution in [0.15, 0.2) is 0 Å². The van der Waals surface area contributed by atoms with Gasteiger partial charge in [-0.25, -0.2) is 0 Å². The number of carboxylic acids is 1. The minimum atomic E-state index is -0.746. The van der Waals surface area contributed by atoms with Crippen molar-refractivity contribution in [2.24, 2.45) is 0 Å². The van der Waals surface area contributed by atoms with E-state index in [1.54, 1.807) is 10.0 Å². The van der Waals surface area contributed by atoms with E-state index in [0.717, 1.165) is 0 Å². The van der Waals surface area contributed by atoms with Crippen molar-refractivity contribution in [3.8, 4) is 0 Å². The summed E-state index contributed by atoms with van der Waals surface area (Å²) in [5.74, 6) is 0.901. The van der Waals surface area contributed by atoms with Gasteiger partial charge < -0.3 is 0 Å². The molecule has 0 saturated carbocycles. The van der Waals surface area contributed by atoms with Crippen LogP contribution in [0.3, 0.4) is 0 Å². The molecule has 6 heteroatoms. The zero-order chi connectivity index (χ0) is 11.6. The second-order valence-electron chi connectivity index (χ2n) is 2.71. The van der Waals surface area contributed by atoms with Crippen LogP contribution in [0.1, 0.15) is 44.1 Å². The molecule has 0 radical (unpaired) electrons. The monoisotopic (exact) mass is 442 g/mol. The fourth-order valence-electron chi connectivity index (χ4n) is 0.443. The van der Waals surface area contributed by atoms with Gasteiger partial charge in [0.2, 0.25) is 0 Å². The van der Waals surface area contributed by atoms with Crippen LogP contribution in [0.2, 0.25) is 22.8 Å². The van der Waals surface area contributed by atoms with Crippen molar-refractivity contribution in [2.45, 2.75) is 66.9 Å². The Morgan fingerprint density at radius 3 is 1.26 bits per heavy atom. The van der Waals surface area contributed by atoms with Crippen molar-refractivity contribution >= 4 is 53.0 Å². The van der Waals surface area contributed by atoms with E-state index in [0.29, 0.717) is 0 Å². The molecule has 0 atom stereocenters.